The molecule has 0 unspecified atom stereocenters. The van der Waals surface area contributed by atoms with Crippen molar-refractivity contribution in [2.75, 3.05) is 38.0 Å². The van der Waals surface area contributed by atoms with Gasteiger partial charge in [-0.05, 0) is 69.5 Å². The van der Waals surface area contributed by atoms with Gasteiger partial charge in [-0.15, -0.1) is 0 Å². The lowest BCUT2D eigenvalue weighted by atomic mass is 9.94. The molecule has 0 radical (unpaired) electrons. The summed E-state index contributed by atoms with van der Waals surface area (Å²) in [7, 11) is 0. The molecule has 152 valence electrons. The fraction of sp³-hybridized carbons (Fsp3) is 0.571. The molecule has 3 N–H and O–H groups in total. The number of nitrogens with two attached hydrogens (primary N) is 1. The molecule has 3 rings (SSSR count). The first-order valence-corrected chi connectivity index (χ1v) is 10.2. The molecule has 1 aromatic carbocycles. The Morgan fingerprint density at radius 3 is 2.21 bits per heavy atom. The van der Waals surface area contributed by atoms with Crippen molar-refractivity contribution in [3.8, 4) is 0 Å². The van der Waals surface area contributed by atoms with Gasteiger partial charge < -0.3 is 20.9 Å². The lowest BCUT2D eigenvalue weighted by Gasteiger charge is -2.35. The number of anilines is 1. The van der Waals surface area contributed by atoms with Gasteiger partial charge in [-0.3, -0.25) is 14.4 Å². The molecule has 2 aliphatic rings. The van der Waals surface area contributed by atoms with Crippen LogP contribution in [-0.2, 0) is 9.59 Å². The number of amides is 3. The van der Waals surface area contributed by atoms with Crippen LogP contribution in [0.4, 0.5) is 5.69 Å². The SMILES string of the molecule is NC(=O)c1ccc(NC(=O)CCN2CCC(C(=O)N3CCCCC3)CC2)cc1. The van der Waals surface area contributed by atoms with Gasteiger partial charge in [0.1, 0.15) is 0 Å². The highest BCUT2D eigenvalue weighted by Gasteiger charge is 2.29. The third-order valence-corrected chi connectivity index (χ3v) is 5.71. The zero-order chi connectivity index (χ0) is 19.9. The molecule has 0 aromatic heterocycles. The van der Waals surface area contributed by atoms with E-state index in [9.17, 15) is 14.4 Å². The predicted molar refractivity (Wildman–Crippen MR) is 108 cm³/mol. The second kappa shape index (κ2) is 9.68. The van der Waals surface area contributed by atoms with E-state index >= 15 is 0 Å². The third-order valence-electron chi connectivity index (χ3n) is 5.71. The number of rotatable bonds is 6. The number of hydrogen-bond donors (Lipinski definition) is 2. The van der Waals surface area contributed by atoms with Gasteiger partial charge in [0, 0.05) is 43.2 Å². The summed E-state index contributed by atoms with van der Waals surface area (Å²) < 4.78 is 0. The van der Waals surface area contributed by atoms with Gasteiger partial charge in [-0.25, -0.2) is 0 Å². The molecule has 2 aliphatic heterocycles. The van der Waals surface area contributed by atoms with Crippen LogP contribution in [0.25, 0.3) is 0 Å². The second-order valence-corrected chi connectivity index (χ2v) is 7.74. The van der Waals surface area contributed by atoms with Crippen LogP contribution in [0.3, 0.4) is 0 Å². The lowest BCUT2D eigenvalue weighted by Crippen LogP contribution is -2.44. The maximum Gasteiger partial charge on any atom is 0.248 e. The third kappa shape index (κ3) is 5.55. The highest BCUT2D eigenvalue weighted by molar-refractivity contribution is 5.94. The van der Waals surface area contributed by atoms with E-state index in [-0.39, 0.29) is 11.8 Å². The van der Waals surface area contributed by atoms with Gasteiger partial charge in [-0.1, -0.05) is 0 Å². The summed E-state index contributed by atoms with van der Waals surface area (Å²) in [5.41, 5.74) is 6.28. The van der Waals surface area contributed by atoms with Crippen molar-refractivity contribution in [1.82, 2.24) is 9.80 Å². The second-order valence-electron chi connectivity index (χ2n) is 7.74. The lowest BCUT2D eigenvalue weighted by molar-refractivity contribution is -0.138. The van der Waals surface area contributed by atoms with E-state index in [0.29, 0.717) is 30.1 Å². The number of primary amides is 1. The number of likely N-dealkylation sites (tertiary alicyclic amines) is 2. The predicted octanol–water partition coefficient (Wildman–Crippen LogP) is 1.84. The molecular formula is C21H30N4O3. The summed E-state index contributed by atoms with van der Waals surface area (Å²) in [6, 6.07) is 6.55. The molecular weight excluding hydrogens is 356 g/mol. The summed E-state index contributed by atoms with van der Waals surface area (Å²) in [6.45, 7) is 4.25. The van der Waals surface area contributed by atoms with Crippen molar-refractivity contribution in [1.29, 1.82) is 0 Å². The Kier molecular flexibility index (Phi) is 7.03. The first-order chi connectivity index (χ1) is 13.5. The Bertz CT molecular complexity index is 690. The Balaban J connectivity index is 1.37. The molecule has 3 amide bonds. The maximum absolute atomic E-state index is 12.6. The molecule has 0 atom stereocenters. The van der Waals surface area contributed by atoms with Gasteiger partial charge in [0.05, 0.1) is 0 Å². The monoisotopic (exact) mass is 386 g/mol. The van der Waals surface area contributed by atoms with Crippen molar-refractivity contribution < 1.29 is 14.4 Å². The maximum atomic E-state index is 12.6. The van der Waals surface area contributed by atoms with Crippen LogP contribution >= 0.6 is 0 Å². The van der Waals surface area contributed by atoms with Gasteiger partial charge in [0.25, 0.3) is 0 Å². The molecule has 0 bridgehead atoms. The zero-order valence-corrected chi connectivity index (χ0v) is 16.4. The van der Waals surface area contributed by atoms with E-state index in [4.69, 9.17) is 5.73 Å². The minimum Gasteiger partial charge on any atom is -0.366 e. The summed E-state index contributed by atoms with van der Waals surface area (Å²) >= 11 is 0. The van der Waals surface area contributed by atoms with Gasteiger partial charge >= 0.3 is 0 Å². The van der Waals surface area contributed by atoms with E-state index in [1.54, 1.807) is 24.3 Å². The number of piperidine rings is 2. The first-order valence-electron chi connectivity index (χ1n) is 10.2. The number of benzene rings is 1. The fourth-order valence-electron chi connectivity index (χ4n) is 3.98. The van der Waals surface area contributed by atoms with E-state index in [1.165, 1.54) is 6.42 Å². The number of carbonyl (C=O) groups excluding carboxylic acids is 3. The fourth-order valence-corrected chi connectivity index (χ4v) is 3.98. The minimum atomic E-state index is -0.486. The minimum absolute atomic E-state index is 0.0571. The molecule has 7 nitrogen and oxygen atoms in total. The van der Waals surface area contributed by atoms with Gasteiger partial charge in [0.2, 0.25) is 17.7 Å². The Morgan fingerprint density at radius 1 is 0.964 bits per heavy atom. The van der Waals surface area contributed by atoms with Crippen LogP contribution in [0.15, 0.2) is 24.3 Å². The summed E-state index contributed by atoms with van der Waals surface area (Å²) in [6.07, 6.45) is 5.66. The molecule has 1 aromatic rings. The van der Waals surface area contributed by atoms with Gasteiger partial charge in [0.15, 0.2) is 0 Å². The Morgan fingerprint density at radius 2 is 1.61 bits per heavy atom. The number of carbonyl (C=O) groups is 3. The largest absolute Gasteiger partial charge is 0.366 e. The molecule has 0 aliphatic carbocycles. The molecule has 2 saturated heterocycles. The molecule has 2 fully saturated rings. The quantitative estimate of drug-likeness (QED) is 0.780. The molecule has 2 heterocycles. The van der Waals surface area contributed by atoms with Crippen LogP contribution in [0.5, 0.6) is 0 Å². The summed E-state index contributed by atoms with van der Waals surface area (Å²) in [5.74, 6) is -0.0677. The van der Waals surface area contributed by atoms with Crippen LogP contribution in [-0.4, -0.2) is 60.2 Å². The zero-order valence-electron chi connectivity index (χ0n) is 16.4. The number of hydrogen-bond acceptors (Lipinski definition) is 4. The van der Waals surface area contributed by atoms with Crippen LogP contribution in [0.1, 0.15) is 48.9 Å². The van der Waals surface area contributed by atoms with Crippen molar-refractivity contribution in [2.45, 2.75) is 38.5 Å². The summed E-state index contributed by atoms with van der Waals surface area (Å²) in [4.78, 5) is 40.1. The van der Waals surface area contributed by atoms with E-state index in [0.717, 1.165) is 51.9 Å². The number of nitrogens with one attached hydrogen (secondary N) is 1. The highest BCUT2D eigenvalue weighted by atomic mass is 16.2. The normalized spacial score (nSPS) is 18.6. The first kappa shape index (κ1) is 20.3. The van der Waals surface area contributed by atoms with Crippen LogP contribution < -0.4 is 11.1 Å². The topological polar surface area (TPSA) is 95.7 Å². The Labute approximate surface area is 166 Å². The van der Waals surface area contributed by atoms with Crippen molar-refractivity contribution in [3.05, 3.63) is 29.8 Å². The standard InChI is InChI=1S/C21H30N4O3/c22-20(27)16-4-6-18(7-5-16)23-19(26)10-15-24-13-8-17(9-14-24)21(28)25-11-2-1-3-12-25/h4-7,17H,1-3,8-15H2,(H2,22,27)(H,23,26). The number of nitrogens with zero attached hydrogens (tertiary/aromatic N) is 2. The molecule has 28 heavy (non-hydrogen) atoms. The smallest absolute Gasteiger partial charge is 0.248 e. The molecule has 0 saturated carbocycles. The van der Waals surface area contributed by atoms with E-state index in [2.05, 4.69) is 10.2 Å². The van der Waals surface area contributed by atoms with Crippen LogP contribution in [0, 0.1) is 5.92 Å². The average molecular weight is 386 g/mol. The average Bonchev–Trinajstić information content (AvgIpc) is 2.73. The summed E-state index contributed by atoms with van der Waals surface area (Å²) in [5, 5.41) is 2.84. The molecule has 7 heteroatoms. The van der Waals surface area contributed by atoms with Gasteiger partial charge in [-0.2, -0.15) is 0 Å². The van der Waals surface area contributed by atoms with Crippen LogP contribution in [0.2, 0.25) is 0 Å². The molecule has 0 spiro atoms. The van der Waals surface area contributed by atoms with E-state index < -0.39 is 5.91 Å². The Hall–Kier alpha value is -2.41. The highest BCUT2D eigenvalue weighted by Crippen LogP contribution is 2.22. The van der Waals surface area contributed by atoms with Crippen molar-refractivity contribution in [3.63, 3.8) is 0 Å². The van der Waals surface area contributed by atoms with Crippen molar-refractivity contribution >= 4 is 23.4 Å². The van der Waals surface area contributed by atoms with E-state index in [1.807, 2.05) is 4.90 Å². The van der Waals surface area contributed by atoms with Crippen molar-refractivity contribution in [2.24, 2.45) is 11.7 Å².